The van der Waals surface area contributed by atoms with Gasteiger partial charge in [0.15, 0.2) is 0 Å². The Morgan fingerprint density at radius 3 is 3.20 bits per heavy atom. The van der Waals surface area contributed by atoms with E-state index in [-0.39, 0.29) is 0 Å². The van der Waals surface area contributed by atoms with Gasteiger partial charge in [0.1, 0.15) is 12.4 Å². The Kier molecular flexibility index (Phi) is 4.43. The predicted molar refractivity (Wildman–Crippen MR) is 80.3 cm³/mol. The minimum absolute atomic E-state index is 0.435. The molecule has 2 N–H and O–H groups in total. The lowest BCUT2D eigenvalue weighted by atomic mass is 9.99. The molecule has 1 fully saturated rings. The summed E-state index contributed by atoms with van der Waals surface area (Å²) >= 11 is 0. The Balaban J connectivity index is 1.56. The van der Waals surface area contributed by atoms with Crippen molar-refractivity contribution in [2.45, 2.75) is 32.4 Å². The second-order valence-electron chi connectivity index (χ2n) is 5.57. The Morgan fingerprint density at radius 2 is 2.30 bits per heavy atom. The van der Waals surface area contributed by atoms with Crippen LogP contribution in [0.3, 0.4) is 0 Å². The molecule has 0 bridgehead atoms. The van der Waals surface area contributed by atoms with E-state index in [9.17, 15) is 0 Å². The van der Waals surface area contributed by atoms with Crippen LogP contribution in [0.4, 0.5) is 5.69 Å². The summed E-state index contributed by atoms with van der Waals surface area (Å²) in [4.78, 5) is 0. The average Bonchev–Trinajstić information content (AvgIpc) is 2.95. The number of anilines is 1. The second kappa shape index (κ2) is 6.46. The molecule has 0 aromatic heterocycles. The Bertz CT molecular complexity index is 450. The van der Waals surface area contributed by atoms with Crippen molar-refractivity contribution in [3.63, 3.8) is 0 Å². The van der Waals surface area contributed by atoms with Gasteiger partial charge >= 0.3 is 0 Å². The molecule has 2 aliphatic rings. The summed E-state index contributed by atoms with van der Waals surface area (Å²) < 4.78 is 11.5. The van der Waals surface area contributed by atoms with Crippen LogP contribution < -0.4 is 15.4 Å². The third-order valence-corrected chi connectivity index (χ3v) is 4.23. The second-order valence-corrected chi connectivity index (χ2v) is 5.57. The Morgan fingerprint density at radius 1 is 1.35 bits per heavy atom. The molecule has 2 unspecified atom stereocenters. The standard InChI is InChI=1S/C16H24N2O2/c1-2-15-12(6-8-19-15)10-17-11-13-4-3-5-14-16(13)20-9-7-18-14/h3-5,12,15,17-18H,2,6-11H2,1H3. The Labute approximate surface area is 120 Å². The molecule has 0 aliphatic carbocycles. The highest BCUT2D eigenvalue weighted by molar-refractivity contribution is 5.61. The molecule has 1 aromatic rings. The van der Waals surface area contributed by atoms with E-state index >= 15 is 0 Å². The van der Waals surface area contributed by atoms with Crippen LogP contribution >= 0.6 is 0 Å². The van der Waals surface area contributed by atoms with Crippen LogP contribution in [0.1, 0.15) is 25.3 Å². The van der Waals surface area contributed by atoms with Crippen LogP contribution in [0, 0.1) is 5.92 Å². The zero-order valence-electron chi connectivity index (χ0n) is 12.2. The van der Waals surface area contributed by atoms with E-state index in [1.165, 1.54) is 12.0 Å². The molecule has 2 heterocycles. The van der Waals surface area contributed by atoms with Gasteiger partial charge in [-0.05, 0) is 24.8 Å². The molecular weight excluding hydrogens is 252 g/mol. The van der Waals surface area contributed by atoms with Crippen molar-refractivity contribution in [1.29, 1.82) is 0 Å². The highest BCUT2D eigenvalue weighted by Crippen LogP contribution is 2.31. The van der Waals surface area contributed by atoms with E-state index in [1.807, 2.05) is 0 Å². The van der Waals surface area contributed by atoms with Crippen LogP contribution in [0.25, 0.3) is 0 Å². The van der Waals surface area contributed by atoms with Gasteiger partial charge in [-0.2, -0.15) is 0 Å². The van der Waals surface area contributed by atoms with Crippen molar-refractivity contribution in [1.82, 2.24) is 5.32 Å². The number of hydrogen-bond acceptors (Lipinski definition) is 4. The van der Waals surface area contributed by atoms with Crippen LogP contribution in [-0.2, 0) is 11.3 Å². The molecule has 4 heteroatoms. The Hall–Kier alpha value is -1.26. The van der Waals surface area contributed by atoms with Crippen molar-refractivity contribution in [3.05, 3.63) is 23.8 Å². The van der Waals surface area contributed by atoms with Crippen LogP contribution in [-0.4, -0.2) is 32.4 Å². The molecule has 0 amide bonds. The first kappa shape index (κ1) is 13.7. The monoisotopic (exact) mass is 276 g/mol. The van der Waals surface area contributed by atoms with Crippen LogP contribution in [0.5, 0.6) is 5.75 Å². The van der Waals surface area contributed by atoms with Gasteiger partial charge in [0.25, 0.3) is 0 Å². The quantitative estimate of drug-likeness (QED) is 0.866. The van der Waals surface area contributed by atoms with Crippen molar-refractivity contribution in [3.8, 4) is 5.75 Å². The van der Waals surface area contributed by atoms with Gasteiger partial charge in [-0.15, -0.1) is 0 Å². The SMILES string of the molecule is CCC1OCCC1CNCc1cccc2c1OCCN2. The molecular formula is C16H24N2O2. The van der Waals surface area contributed by atoms with Crippen LogP contribution in [0.15, 0.2) is 18.2 Å². The van der Waals surface area contributed by atoms with Gasteiger partial charge in [-0.25, -0.2) is 0 Å². The van der Waals surface area contributed by atoms with Gasteiger partial charge in [0, 0.05) is 31.8 Å². The van der Waals surface area contributed by atoms with Gasteiger partial charge in [0.2, 0.25) is 0 Å². The number of rotatable bonds is 5. The van der Waals surface area contributed by atoms with Gasteiger partial charge in [-0.1, -0.05) is 19.1 Å². The normalized spacial score (nSPS) is 24.9. The highest BCUT2D eigenvalue weighted by Gasteiger charge is 2.26. The molecule has 0 saturated carbocycles. The van der Waals surface area contributed by atoms with Crippen molar-refractivity contribution in [2.24, 2.45) is 5.92 Å². The van der Waals surface area contributed by atoms with Gasteiger partial charge in [0.05, 0.1) is 11.8 Å². The number of hydrogen-bond donors (Lipinski definition) is 2. The smallest absolute Gasteiger partial charge is 0.146 e. The van der Waals surface area contributed by atoms with Gasteiger partial charge < -0.3 is 20.1 Å². The maximum atomic E-state index is 5.79. The lowest BCUT2D eigenvalue weighted by Crippen LogP contribution is -2.28. The molecule has 2 atom stereocenters. The molecule has 1 saturated heterocycles. The van der Waals surface area contributed by atoms with Crippen molar-refractivity contribution in [2.75, 3.05) is 31.6 Å². The summed E-state index contributed by atoms with van der Waals surface area (Å²) in [5.74, 6) is 1.67. The first-order valence-corrected chi connectivity index (χ1v) is 7.69. The van der Waals surface area contributed by atoms with Gasteiger partial charge in [-0.3, -0.25) is 0 Å². The molecule has 0 radical (unpaired) electrons. The fraction of sp³-hybridized carbons (Fsp3) is 0.625. The summed E-state index contributed by atoms with van der Waals surface area (Å²) in [5.41, 5.74) is 2.35. The average molecular weight is 276 g/mol. The molecule has 1 aromatic carbocycles. The van der Waals surface area contributed by atoms with E-state index in [4.69, 9.17) is 9.47 Å². The van der Waals surface area contributed by atoms with Crippen molar-refractivity contribution >= 4 is 5.69 Å². The number of nitrogens with one attached hydrogen (secondary N) is 2. The summed E-state index contributed by atoms with van der Waals surface area (Å²) in [7, 11) is 0. The largest absolute Gasteiger partial charge is 0.489 e. The third-order valence-electron chi connectivity index (χ3n) is 4.23. The summed E-state index contributed by atoms with van der Waals surface area (Å²) in [6.07, 6.45) is 2.72. The zero-order chi connectivity index (χ0) is 13.8. The number of ether oxygens (including phenoxy) is 2. The number of fused-ring (bicyclic) bond motifs is 1. The first-order valence-electron chi connectivity index (χ1n) is 7.69. The minimum Gasteiger partial charge on any atom is -0.489 e. The minimum atomic E-state index is 0.435. The van der Waals surface area contributed by atoms with E-state index < -0.39 is 0 Å². The first-order chi connectivity index (χ1) is 9.88. The van der Waals surface area contributed by atoms with Crippen molar-refractivity contribution < 1.29 is 9.47 Å². The lowest BCUT2D eigenvalue weighted by molar-refractivity contribution is 0.0872. The topological polar surface area (TPSA) is 42.5 Å². The molecule has 0 spiro atoms. The molecule has 3 rings (SSSR count). The van der Waals surface area contributed by atoms with E-state index in [1.54, 1.807) is 0 Å². The summed E-state index contributed by atoms with van der Waals surface area (Å²) in [6, 6.07) is 6.31. The highest BCUT2D eigenvalue weighted by atomic mass is 16.5. The van der Waals surface area contributed by atoms with E-state index in [2.05, 4.69) is 35.8 Å². The number of para-hydroxylation sites is 1. The lowest BCUT2D eigenvalue weighted by Gasteiger charge is -2.22. The maximum absolute atomic E-state index is 5.79. The molecule has 20 heavy (non-hydrogen) atoms. The molecule has 110 valence electrons. The third kappa shape index (κ3) is 2.91. The fourth-order valence-corrected chi connectivity index (χ4v) is 3.14. The summed E-state index contributed by atoms with van der Waals surface area (Å²) in [5, 5.41) is 6.95. The maximum Gasteiger partial charge on any atom is 0.146 e. The fourth-order valence-electron chi connectivity index (χ4n) is 3.14. The zero-order valence-corrected chi connectivity index (χ0v) is 12.2. The number of benzene rings is 1. The molecule has 4 nitrogen and oxygen atoms in total. The van der Waals surface area contributed by atoms with E-state index in [0.29, 0.717) is 12.0 Å². The summed E-state index contributed by atoms with van der Waals surface area (Å²) in [6.45, 7) is 6.64. The van der Waals surface area contributed by atoms with E-state index in [0.717, 1.165) is 50.7 Å². The van der Waals surface area contributed by atoms with Crippen LogP contribution in [0.2, 0.25) is 0 Å². The predicted octanol–water partition coefficient (Wildman–Crippen LogP) is 2.40. The molecule has 2 aliphatic heterocycles.